The van der Waals surface area contributed by atoms with E-state index in [1.807, 2.05) is 13.8 Å². The highest BCUT2D eigenvalue weighted by molar-refractivity contribution is 6.30. The van der Waals surface area contributed by atoms with Crippen LogP contribution in [0.25, 0.3) is 0 Å². The van der Waals surface area contributed by atoms with E-state index in [0.717, 1.165) is 5.56 Å². The Morgan fingerprint density at radius 2 is 1.87 bits per heavy atom. The second kappa shape index (κ2) is 9.06. The average molecular weight is 453 g/mol. The maximum absolute atomic E-state index is 13.2. The van der Waals surface area contributed by atoms with Gasteiger partial charge >= 0.3 is 0 Å². The van der Waals surface area contributed by atoms with Gasteiger partial charge in [0.25, 0.3) is 0 Å². The van der Waals surface area contributed by atoms with E-state index < -0.39 is 29.3 Å². The molecule has 5 atom stereocenters. The third-order valence-electron chi connectivity index (χ3n) is 6.90. The van der Waals surface area contributed by atoms with Crippen molar-refractivity contribution < 1.29 is 24.9 Å². The number of nitrogens with one attached hydrogen (secondary N) is 1. The Morgan fingerprint density at radius 3 is 2.39 bits per heavy atom. The predicted molar refractivity (Wildman–Crippen MR) is 117 cm³/mol. The normalized spacial score (nSPS) is 30.0. The Labute approximate surface area is 188 Å². The maximum atomic E-state index is 13.2. The van der Waals surface area contributed by atoms with Crippen molar-refractivity contribution >= 4 is 23.4 Å². The number of aliphatic hydroxyl groups is 3. The summed E-state index contributed by atoms with van der Waals surface area (Å²) in [7, 11) is 0. The van der Waals surface area contributed by atoms with Gasteiger partial charge in [-0.25, -0.2) is 0 Å². The molecule has 0 spiro atoms. The number of halogens is 1. The van der Waals surface area contributed by atoms with Crippen LogP contribution >= 0.6 is 11.6 Å². The minimum absolute atomic E-state index is 0.270. The smallest absolute Gasteiger partial charge is 0.247 e. The van der Waals surface area contributed by atoms with Crippen LogP contribution in [0.3, 0.4) is 0 Å². The van der Waals surface area contributed by atoms with Gasteiger partial charge in [0.05, 0.1) is 17.8 Å². The van der Waals surface area contributed by atoms with Crippen LogP contribution in [0.1, 0.15) is 52.0 Å². The second-order valence-electron chi connectivity index (χ2n) is 9.65. The minimum atomic E-state index is -1.14. The van der Waals surface area contributed by atoms with E-state index >= 15 is 0 Å². The summed E-state index contributed by atoms with van der Waals surface area (Å²) in [6, 6.07) is 6.01. The van der Waals surface area contributed by atoms with Crippen molar-refractivity contribution in [1.82, 2.24) is 10.2 Å². The monoisotopic (exact) mass is 452 g/mol. The molecule has 3 rings (SSSR count). The fraction of sp³-hybridized carbons (Fsp3) is 0.652. The Kier molecular flexibility index (Phi) is 7.01. The topological polar surface area (TPSA) is 110 Å². The molecule has 0 aromatic heterocycles. The summed E-state index contributed by atoms with van der Waals surface area (Å²) in [5.41, 5.74) is -1.07. The lowest BCUT2D eigenvalue weighted by atomic mass is 9.66. The van der Waals surface area contributed by atoms with Crippen molar-refractivity contribution in [3.63, 3.8) is 0 Å². The number of carbonyl (C=O) groups is 2. The van der Waals surface area contributed by atoms with Crippen molar-refractivity contribution in [2.75, 3.05) is 13.1 Å². The van der Waals surface area contributed by atoms with E-state index in [4.69, 9.17) is 11.6 Å². The number of hydrogen-bond donors (Lipinski definition) is 4. The highest BCUT2D eigenvalue weighted by Crippen LogP contribution is 2.46. The fourth-order valence-corrected chi connectivity index (χ4v) is 4.95. The summed E-state index contributed by atoms with van der Waals surface area (Å²) in [4.78, 5) is 27.4. The van der Waals surface area contributed by atoms with Crippen LogP contribution in [-0.4, -0.2) is 63.4 Å². The number of nitrogens with zero attached hydrogens (tertiary/aromatic N) is 1. The molecule has 2 aliphatic rings. The van der Waals surface area contributed by atoms with Gasteiger partial charge in [-0.3, -0.25) is 9.59 Å². The molecule has 172 valence electrons. The van der Waals surface area contributed by atoms with Crippen LogP contribution in [0.4, 0.5) is 0 Å². The first kappa shape index (κ1) is 24.0. The number of likely N-dealkylation sites (tertiary alicyclic amines) is 1. The maximum Gasteiger partial charge on any atom is 0.247 e. The molecule has 1 saturated heterocycles. The molecular weight excluding hydrogens is 420 g/mol. The number of benzene rings is 1. The zero-order chi connectivity index (χ0) is 23.0. The summed E-state index contributed by atoms with van der Waals surface area (Å²) in [6.45, 7) is 5.84. The largest absolute Gasteiger partial charge is 0.393 e. The van der Waals surface area contributed by atoms with Crippen molar-refractivity contribution in [3.8, 4) is 0 Å². The van der Waals surface area contributed by atoms with Gasteiger partial charge in [-0.2, -0.15) is 0 Å². The molecule has 2 fully saturated rings. The molecule has 1 aromatic carbocycles. The van der Waals surface area contributed by atoms with Crippen LogP contribution in [0.5, 0.6) is 0 Å². The van der Waals surface area contributed by atoms with Crippen LogP contribution in [0.2, 0.25) is 5.02 Å². The van der Waals surface area contributed by atoms with Crippen LogP contribution in [-0.2, 0) is 15.2 Å². The van der Waals surface area contributed by atoms with E-state index in [1.165, 1.54) is 6.92 Å². The number of rotatable bonds is 5. The molecule has 1 aromatic rings. The Morgan fingerprint density at radius 1 is 1.23 bits per heavy atom. The van der Waals surface area contributed by atoms with E-state index in [9.17, 15) is 24.9 Å². The lowest BCUT2D eigenvalue weighted by Crippen LogP contribution is -2.61. The molecule has 0 radical (unpaired) electrons. The quantitative estimate of drug-likeness (QED) is 0.544. The molecular formula is C23H33ClN2O5. The highest BCUT2D eigenvalue weighted by atomic mass is 35.5. The lowest BCUT2D eigenvalue weighted by molar-refractivity contribution is -0.158. The number of hydrogen-bond acceptors (Lipinski definition) is 5. The molecule has 1 saturated carbocycles. The number of carbonyl (C=O) groups excluding carboxylic acids is 2. The molecule has 1 unspecified atom stereocenters. The Bertz CT molecular complexity index is 813. The number of aliphatic hydroxyl groups excluding tert-OH is 2. The van der Waals surface area contributed by atoms with E-state index in [0.29, 0.717) is 37.3 Å². The summed E-state index contributed by atoms with van der Waals surface area (Å²) in [5, 5.41) is 34.7. The first-order valence-corrected chi connectivity index (χ1v) is 11.3. The second-order valence-corrected chi connectivity index (χ2v) is 10.1. The van der Waals surface area contributed by atoms with Gasteiger partial charge in [0, 0.05) is 29.4 Å². The van der Waals surface area contributed by atoms with Crippen molar-refractivity contribution in [2.45, 2.75) is 70.3 Å². The standard InChI is InChI=1S/C23H33ClN2O5/c1-14(27)19(25-20(29)15-4-9-18(28)12-15)21(30)26-11-10-23(31,22(2,3)13-26)16-5-7-17(24)8-6-16/h5-8,14-15,18-19,27-28,31H,4,9-13H2,1-3H3,(H,25,29)/t14?,15-,18-,19+,23-/m0/s1. The molecule has 1 heterocycles. The molecule has 1 aliphatic heterocycles. The molecule has 31 heavy (non-hydrogen) atoms. The van der Waals surface area contributed by atoms with Crippen LogP contribution in [0, 0.1) is 11.3 Å². The summed E-state index contributed by atoms with van der Waals surface area (Å²) in [6.07, 6.45) is 0.265. The minimum Gasteiger partial charge on any atom is -0.393 e. The molecule has 7 nitrogen and oxygen atoms in total. The summed E-state index contributed by atoms with van der Waals surface area (Å²) >= 11 is 5.99. The summed E-state index contributed by atoms with van der Waals surface area (Å²) in [5.74, 6) is -1.03. The SMILES string of the molecule is CC(O)[C@@H](NC(=O)[C@H]1CC[C@H](O)C1)C(=O)N1CC[C@](O)(c2ccc(Cl)cc2)C(C)(C)C1. The van der Waals surface area contributed by atoms with Gasteiger partial charge in [0.1, 0.15) is 6.04 Å². The molecule has 8 heteroatoms. The van der Waals surface area contributed by atoms with E-state index in [1.54, 1.807) is 29.2 Å². The molecule has 1 aliphatic carbocycles. The first-order chi connectivity index (χ1) is 14.4. The average Bonchev–Trinajstić information content (AvgIpc) is 3.14. The van der Waals surface area contributed by atoms with Crippen molar-refractivity contribution in [2.24, 2.45) is 11.3 Å². The van der Waals surface area contributed by atoms with Gasteiger partial charge in [0.15, 0.2) is 0 Å². The van der Waals surface area contributed by atoms with Crippen LogP contribution < -0.4 is 5.32 Å². The third-order valence-corrected chi connectivity index (χ3v) is 7.16. The summed E-state index contributed by atoms with van der Waals surface area (Å²) < 4.78 is 0. The predicted octanol–water partition coefficient (Wildman–Crippen LogP) is 1.81. The zero-order valence-corrected chi connectivity index (χ0v) is 19.1. The van der Waals surface area contributed by atoms with E-state index in [2.05, 4.69) is 5.32 Å². The molecule has 2 amide bonds. The highest BCUT2D eigenvalue weighted by Gasteiger charge is 2.50. The Hall–Kier alpha value is -1.67. The van der Waals surface area contributed by atoms with Crippen molar-refractivity contribution in [1.29, 1.82) is 0 Å². The zero-order valence-electron chi connectivity index (χ0n) is 18.3. The Balaban J connectivity index is 1.72. The molecule has 0 bridgehead atoms. The van der Waals surface area contributed by atoms with E-state index in [-0.39, 0.29) is 24.3 Å². The molecule has 4 N–H and O–H groups in total. The van der Waals surface area contributed by atoms with Gasteiger partial charge in [-0.1, -0.05) is 37.6 Å². The fourth-order valence-electron chi connectivity index (χ4n) is 4.82. The van der Waals surface area contributed by atoms with Gasteiger partial charge in [-0.15, -0.1) is 0 Å². The first-order valence-electron chi connectivity index (χ1n) is 10.9. The van der Waals surface area contributed by atoms with Gasteiger partial charge in [0.2, 0.25) is 11.8 Å². The lowest BCUT2D eigenvalue weighted by Gasteiger charge is -2.51. The van der Waals surface area contributed by atoms with Crippen LogP contribution in [0.15, 0.2) is 24.3 Å². The van der Waals surface area contributed by atoms with Gasteiger partial charge < -0.3 is 25.5 Å². The third kappa shape index (κ3) is 4.90. The van der Waals surface area contributed by atoms with Gasteiger partial charge in [-0.05, 0) is 50.3 Å². The number of amides is 2. The van der Waals surface area contributed by atoms with Crippen molar-refractivity contribution in [3.05, 3.63) is 34.9 Å². The number of piperidine rings is 1.